The molecule has 0 atom stereocenters. The van der Waals surface area contributed by atoms with Gasteiger partial charge in [-0.15, -0.1) is 0 Å². The Morgan fingerprint density at radius 1 is 1.00 bits per heavy atom. The van der Waals surface area contributed by atoms with Gasteiger partial charge >= 0.3 is 18.9 Å². The number of methoxy groups -OCH3 is 2. The van der Waals surface area contributed by atoms with E-state index in [4.69, 9.17) is 9.47 Å². The third-order valence-electron chi connectivity index (χ3n) is 3.22. The Hall–Kier alpha value is -1.26. The maximum Gasteiger partial charge on any atom is 1.00 e. The topological polar surface area (TPSA) is 35.5 Å². The average molecular weight is 308 g/mol. The van der Waals surface area contributed by atoms with E-state index in [1.807, 2.05) is 32.0 Å². The molecule has 0 aliphatic carbocycles. The van der Waals surface area contributed by atoms with Crippen LogP contribution in [0.2, 0.25) is 0 Å². The van der Waals surface area contributed by atoms with Crippen LogP contribution in [0.4, 0.5) is 0 Å². The van der Waals surface area contributed by atoms with Gasteiger partial charge in [0.2, 0.25) is 0 Å². The molecule has 0 N–H and O–H groups in total. The fourth-order valence-corrected chi connectivity index (χ4v) is 3.10. The molecule has 0 spiro atoms. The zero-order valence-electron chi connectivity index (χ0n) is 13.6. The molecule has 0 bridgehead atoms. The van der Waals surface area contributed by atoms with Gasteiger partial charge in [-0.25, -0.2) is 0 Å². The van der Waals surface area contributed by atoms with E-state index in [1.165, 1.54) is 5.56 Å². The van der Waals surface area contributed by atoms with Crippen LogP contribution >= 0.6 is 8.58 Å². The first kappa shape index (κ1) is 18.8. The van der Waals surface area contributed by atoms with Crippen molar-refractivity contribution in [1.82, 2.24) is 0 Å². The number of hydrogen-bond donors (Lipinski definition) is 0. The first-order valence-electron chi connectivity index (χ1n) is 6.61. The molecule has 0 aliphatic rings. The van der Waals surface area contributed by atoms with Gasteiger partial charge < -0.3 is 22.8 Å². The van der Waals surface area contributed by atoms with Crippen LogP contribution in [0, 0.1) is 13.8 Å². The van der Waals surface area contributed by atoms with Crippen molar-refractivity contribution in [2.75, 3.05) is 14.2 Å². The molecule has 22 heavy (non-hydrogen) atoms. The maximum atomic E-state index is 12.6. The van der Waals surface area contributed by atoms with Crippen LogP contribution in [-0.4, -0.2) is 19.7 Å². The maximum absolute atomic E-state index is 12.6. The molecule has 0 aliphatic heterocycles. The quantitative estimate of drug-likeness (QED) is 0.604. The first-order valence-corrected chi connectivity index (χ1v) is 7.50. The number of benzene rings is 2. The summed E-state index contributed by atoms with van der Waals surface area (Å²) in [6.45, 7) is 4.06. The van der Waals surface area contributed by atoms with Crippen molar-refractivity contribution < 1.29 is 33.1 Å². The zero-order valence-corrected chi connectivity index (χ0v) is 14.5. The Bertz CT molecular complexity index is 649. The van der Waals surface area contributed by atoms with Crippen molar-refractivity contribution in [1.29, 1.82) is 0 Å². The predicted molar refractivity (Wildman–Crippen MR) is 86.3 cm³/mol. The second-order valence-electron chi connectivity index (χ2n) is 4.74. The second-order valence-corrected chi connectivity index (χ2v) is 5.86. The minimum atomic E-state index is -0.0312. The van der Waals surface area contributed by atoms with Crippen molar-refractivity contribution in [3.05, 3.63) is 53.1 Å². The summed E-state index contributed by atoms with van der Waals surface area (Å²) in [6, 6.07) is 11.4. The predicted octanol–water partition coefficient (Wildman–Crippen LogP) is 0.737. The van der Waals surface area contributed by atoms with Crippen LogP contribution in [-0.2, 0) is 0 Å². The molecular formula is C17H18LiO3P. The number of carbonyl (C=O) groups excluding carboxylic acids is 1. The number of rotatable bonds is 5. The molecular weight excluding hydrogens is 290 g/mol. The molecule has 0 heterocycles. The monoisotopic (exact) mass is 308 g/mol. The molecule has 0 aromatic heterocycles. The van der Waals surface area contributed by atoms with Crippen molar-refractivity contribution in [3.8, 4) is 11.5 Å². The van der Waals surface area contributed by atoms with E-state index < -0.39 is 0 Å². The van der Waals surface area contributed by atoms with Gasteiger partial charge in [0, 0.05) is 5.52 Å². The van der Waals surface area contributed by atoms with Crippen LogP contribution in [0.3, 0.4) is 0 Å². The van der Waals surface area contributed by atoms with Crippen LogP contribution in [0.15, 0.2) is 36.4 Å². The van der Waals surface area contributed by atoms with Gasteiger partial charge in [-0.2, -0.15) is 5.30 Å². The Morgan fingerprint density at radius 2 is 1.59 bits per heavy atom. The number of ether oxygens (including phenoxy) is 2. The van der Waals surface area contributed by atoms with Crippen LogP contribution in [0.1, 0.15) is 21.5 Å². The molecule has 0 saturated heterocycles. The van der Waals surface area contributed by atoms with E-state index in [1.54, 1.807) is 26.4 Å². The minimum Gasteiger partial charge on any atom is -0.496 e. The van der Waals surface area contributed by atoms with Crippen LogP contribution in [0.25, 0.3) is 0 Å². The molecule has 0 radical (unpaired) electrons. The normalized spacial score (nSPS) is 10.4. The summed E-state index contributed by atoms with van der Waals surface area (Å²) < 4.78 is 10.6. The summed E-state index contributed by atoms with van der Waals surface area (Å²) in [7, 11) is 3.73. The van der Waals surface area contributed by atoms with E-state index in [0.29, 0.717) is 25.6 Å². The van der Waals surface area contributed by atoms with E-state index >= 15 is 0 Å². The summed E-state index contributed by atoms with van der Waals surface area (Å²) in [5.41, 5.74) is 2.76. The van der Waals surface area contributed by atoms with Crippen LogP contribution in [0.5, 0.6) is 11.5 Å². The summed E-state index contributed by atoms with van der Waals surface area (Å²) in [5.74, 6) is 1.08. The van der Waals surface area contributed by atoms with Gasteiger partial charge in [-0.05, 0) is 26.0 Å². The number of carbonyl (C=O) groups is 1. The van der Waals surface area contributed by atoms with E-state index in [-0.39, 0.29) is 24.4 Å². The van der Waals surface area contributed by atoms with E-state index in [0.717, 1.165) is 10.9 Å². The fraction of sp³-hybridized carbons (Fsp3) is 0.235. The number of hydrogen-bond acceptors (Lipinski definition) is 3. The Labute approximate surface area is 145 Å². The molecule has 0 saturated carbocycles. The van der Waals surface area contributed by atoms with Crippen molar-refractivity contribution in [3.63, 3.8) is 0 Å². The molecule has 2 aromatic rings. The Kier molecular flexibility index (Phi) is 7.17. The molecule has 3 nitrogen and oxygen atoms in total. The zero-order chi connectivity index (χ0) is 15.4. The summed E-state index contributed by atoms with van der Waals surface area (Å²) in [5, 5.41) is 0.999. The largest absolute Gasteiger partial charge is 1.00 e. The molecule has 0 amide bonds. The molecule has 2 rings (SSSR count). The second kappa shape index (κ2) is 8.39. The third-order valence-corrected chi connectivity index (χ3v) is 4.39. The molecule has 2 aromatic carbocycles. The van der Waals surface area contributed by atoms with Gasteiger partial charge in [0.15, 0.2) is 0 Å². The van der Waals surface area contributed by atoms with Crippen molar-refractivity contribution in [2.24, 2.45) is 0 Å². The van der Waals surface area contributed by atoms with E-state index in [2.05, 4.69) is 6.07 Å². The van der Waals surface area contributed by atoms with Gasteiger partial charge in [0.05, 0.1) is 19.8 Å². The molecule has 110 valence electrons. The minimum absolute atomic E-state index is 0. The summed E-state index contributed by atoms with van der Waals surface area (Å²) >= 11 is 0. The standard InChI is InChI=1S/C17H18O3P.Li/c1-11-8-9-15(12(2)10-11)21-17(18)16-13(19-3)6-5-7-14(16)20-4;/h5-10H,1-4H3;/q-1;+1. The Balaban J connectivity index is 0.00000242. The third kappa shape index (κ3) is 4.14. The fourth-order valence-electron chi connectivity index (χ4n) is 2.16. The van der Waals surface area contributed by atoms with Crippen LogP contribution < -0.4 is 33.6 Å². The van der Waals surface area contributed by atoms with Gasteiger partial charge in [-0.3, -0.25) is 0 Å². The van der Waals surface area contributed by atoms with E-state index in [9.17, 15) is 4.79 Å². The SMILES string of the molecule is COc1cccc(OC)c1C(=O)[P-]c1ccc(C)cc1C.[Li+]. The van der Waals surface area contributed by atoms with Gasteiger partial charge in [-0.1, -0.05) is 35.4 Å². The summed E-state index contributed by atoms with van der Waals surface area (Å²) in [4.78, 5) is 12.6. The average Bonchev–Trinajstić information content (AvgIpc) is 2.49. The van der Waals surface area contributed by atoms with Gasteiger partial charge in [0.1, 0.15) is 11.5 Å². The van der Waals surface area contributed by atoms with Crippen molar-refractivity contribution >= 4 is 19.4 Å². The molecule has 5 heteroatoms. The Morgan fingerprint density at radius 3 is 2.09 bits per heavy atom. The smallest absolute Gasteiger partial charge is 0.496 e. The number of aryl methyl sites for hydroxylation is 2. The first-order chi connectivity index (χ1) is 10.1. The molecule has 0 unspecified atom stereocenters. The molecule has 0 fully saturated rings. The summed E-state index contributed by atoms with van der Waals surface area (Å²) in [6.07, 6.45) is 0. The van der Waals surface area contributed by atoms with Crippen molar-refractivity contribution in [2.45, 2.75) is 13.8 Å². The van der Waals surface area contributed by atoms with Gasteiger partial charge in [0.25, 0.3) is 0 Å².